The molecule has 0 saturated heterocycles. The monoisotopic (exact) mass is 220 g/mol. The van der Waals surface area contributed by atoms with Gasteiger partial charge in [-0.25, -0.2) is 0 Å². The summed E-state index contributed by atoms with van der Waals surface area (Å²) >= 11 is 2.25. The summed E-state index contributed by atoms with van der Waals surface area (Å²) in [6.07, 6.45) is 0. The van der Waals surface area contributed by atoms with Gasteiger partial charge in [0, 0.05) is 0 Å². The maximum atomic E-state index is 8.74. The molecule has 4 N–H and O–H groups in total. The summed E-state index contributed by atoms with van der Waals surface area (Å²) in [7, 11) is -4.67. The molecule has 0 heterocycles. The Balaban J connectivity index is 0. The molecule has 0 aliphatic carbocycles. The maximum absolute atomic E-state index is 8.74. The van der Waals surface area contributed by atoms with Crippen LogP contribution in [0.2, 0.25) is 0 Å². The van der Waals surface area contributed by atoms with E-state index in [1.165, 1.54) is 0 Å². The fourth-order valence-corrected chi connectivity index (χ4v) is 0. The van der Waals surface area contributed by atoms with Crippen LogP contribution in [0.3, 0.4) is 0 Å². The zero-order chi connectivity index (χ0) is 6.50. The van der Waals surface area contributed by atoms with Crippen LogP contribution < -0.4 is 4.37 Å². The molecular formula is H4NO4PdS. The Hall–Kier alpha value is 0.492. The van der Waals surface area contributed by atoms with Crippen LogP contribution in [-0.2, 0) is 29.8 Å². The second kappa shape index (κ2) is 4.65. The van der Waals surface area contributed by atoms with E-state index < -0.39 is 10.4 Å². The standard InChI is InChI=1S/H2N.H2O4S.Pd/c;1-5(2,3)4;/h1H2;(H2,1,2,3,4);/q-1;;+1. The third kappa shape index (κ3) is 541. The zero-order valence-electron chi connectivity index (χ0n) is 3.01. The Morgan fingerprint density at radius 1 is 1.29 bits per heavy atom. The summed E-state index contributed by atoms with van der Waals surface area (Å²) in [5.74, 6) is 0. The summed E-state index contributed by atoms with van der Waals surface area (Å²) in [4.78, 5) is 0. The summed E-state index contributed by atoms with van der Waals surface area (Å²) in [6.45, 7) is 0. The van der Waals surface area contributed by atoms with Crippen LogP contribution >= 0.6 is 0 Å². The molecule has 0 bridgehead atoms. The second-order valence-corrected chi connectivity index (χ2v) is 1.34. The molecule has 0 aromatic heterocycles. The number of hydrogen-bond acceptors (Lipinski definition) is 3. The molecule has 49 valence electrons. The number of hydrogen-bond donors (Lipinski definition) is 3. The first-order valence-corrected chi connectivity index (χ1v) is 3.18. The van der Waals surface area contributed by atoms with E-state index >= 15 is 0 Å². The van der Waals surface area contributed by atoms with Crippen LogP contribution in [0.5, 0.6) is 0 Å². The van der Waals surface area contributed by atoms with Crippen molar-refractivity contribution in [1.29, 1.82) is 0 Å². The molecule has 0 radical (unpaired) electrons. The third-order valence-corrected chi connectivity index (χ3v) is 0. The van der Waals surface area contributed by atoms with Gasteiger partial charge in [0.05, 0.1) is 0 Å². The topological polar surface area (TPSA) is 101 Å². The number of nitrogens with two attached hydrogens (primary N) is 1. The van der Waals surface area contributed by atoms with Crippen LogP contribution in [-0.4, -0.2) is 17.5 Å². The van der Waals surface area contributed by atoms with Gasteiger partial charge in [-0.15, -0.1) is 0 Å². The van der Waals surface area contributed by atoms with Crippen molar-refractivity contribution in [1.82, 2.24) is 0 Å². The molecule has 0 fully saturated rings. The predicted octanol–water partition coefficient (Wildman–Crippen LogP) is -1.25. The minimum atomic E-state index is -4.67. The van der Waals surface area contributed by atoms with Gasteiger partial charge in [-0.3, -0.25) is 9.11 Å². The third-order valence-electron chi connectivity index (χ3n) is 0. The van der Waals surface area contributed by atoms with Crippen LogP contribution in [0.1, 0.15) is 0 Å². The fraction of sp³-hybridized carbons (Fsp3) is 0. The van der Waals surface area contributed by atoms with E-state index in [9.17, 15) is 0 Å². The molecule has 0 amide bonds. The first-order chi connectivity index (χ1) is 3.00. The van der Waals surface area contributed by atoms with Crippen molar-refractivity contribution >= 4 is 10.4 Å². The van der Waals surface area contributed by atoms with Crippen LogP contribution in [0.15, 0.2) is 0 Å². The Morgan fingerprint density at radius 3 is 1.29 bits per heavy atom. The van der Waals surface area contributed by atoms with Crippen LogP contribution in [0.25, 0.3) is 0 Å². The predicted molar refractivity (Wildman–Crippen MR) is 18.4 cm³/mol. The van der Waals surface area contributed by atoms with Gasteiger partial charge in [-0.2, -0.15) is 8.42 Å². The Bertz CT molecular complexity index is 94.9. The Morgan fingerprint density at radius 2 is 1.29 bits per heavy atom. The average Bonchev–Trinajstić information content (AvgIpc) is 1.36. The van der Waals surface area contributed by atoms with Gasteiger partial charge in [0.1, 0.15) is 0 Å². The Labute approximate surface area is 52.2 Å². The van der Waals surface area contributed by atoms with Crippen molar-refractivity contribution in [3.63, 3.8) is 0 Å². The van der Waals surface area contributed by atoms with Crippen molar-refractivity contribution in [3.8, 4) is 0 Å². The first-order valence-electron chi connectivity index (χ1n) is 0.881. The fourth-order valence-electron chi connectivity index (χ4n) is 0. The van der Waals surface area contributed by atoms with E-state index in [2.05, 4.69) is 23.8 Å². The molecule has 0 saturated carbocycles. The van der Waals surface area contributed by atoms with Gasteiger partial charge in [0.2, 0.25) is 0 Å². The van der Waals surface area contributed by atoms with Crippen molar-refractivity contribution in [2.45, 2.75) is 0 Å². The van der Waals surface area contributed by atoms with Gasteiger partial charge in [0.15, 0.2) is 0 Å². The van der Waals surface area contributed by atoms with Crippen molar-refractivity contribution in [2.75, 3.05) is 0 Å². The van der Waals surface area contributed by atoms with Gasteiger partial charge in [-0.1, -0.05) is 0 Å². The van der Waals surface area contributed by atoms with E-state index in [1.54, 1.807) is 0 Å². The molecule has 0 spiro atoms. The number of rotatable bonds is 0. The van der Waals surface area contributed by atoms with E-state index in [1.807, 2.05) is 0 Å². The molecule has 0 aliphatic rings. The molecule has 0 rings (SSSR count). The summed E-state index contributed by atoms with van der Waals surface area (Å²) in [6, 6.07) is 0. The van der Waals surface area contributed by atoms with Gasteiger partial charge in [0.25, 0.3) is 0 Å². The molecular weight excluding hydrogens is 216 g/mol. The first kappa shape index (κ1) is 10.5. The van der Waals surface area contributed by atoms with Crippen LogP contribution in [0.4, 0.5) is 0 Å². The van der Waals surface area contributed by atoms with E-state index in [4.69, 9.17) is 17.5 Å². The zero-order valence-corrected chi connectivity index (χ0v) is 5.38. The van der Waals surface area contributed by atoms with Crippen molar-refractivity contribution in [2.24, 2.45) is 4.37 Å². The van der Waals surface area contributed by atoms with E-state index in [0.717, 1.165) is 0 Å². The molecule has 0 aromatic carbocycles. The normalized spacial score (nSPS) is 9.29. The summed E-state index contributed by atoms with van der Waals surface area (Å²) in [5.41, 5.74) is 0. The molecule has 7 heavy (non-hydrogen) atoms. The molecule has 7 heteroatoms. The van der Waals surface area contributed by atoms with Crippen molar-refractivity contribution in [3.05, 3.63) is 0 Å². The molecule has 0 atom stereocenters. The molecule has 0 unspecified atom stereocenters. The van der Waals surface area contributed by atoms with Gasteiger partial charge >= 0.3 is 34.2 Å². The Kier molecular flexibility index (Phi) is 6.95. The SMILES string of the molecule is O=S(=O)(O)O.[NH2][Pd]. The van der Waals surface area contributed by atoms with Gasteiger partial charge in [-0.05, 0) is 0 Å². The van der Waals surface area contributed by atoms with Crippen molar-refractivity contribution < 1.29 is 37.0 Å². The molecule has 0 aliphatic heterocycles. The average molecular weight is 221 g/mol. The van der Waals surface area contributed by atoms with E-state index in [-0.39, 0.29) is 0 Å². The van der Waals surface area contributed by atoms with E-state index in [0.29, 0.717) is 0 Å². The molecule has 5 nitrogen and oxygen atoms in total. The molecule has 0 aromatic rings. The quantitative estimate of drug-likeness (QED) is 0.350. The summed E-state index contributed by atoms with van der Waals surface area (Å²) < 4.78 is 35.9. The van der Waals surface area contributed by atoms with Gasteiger partial charge < -0.3 is 0 Å². The summed E-state index contributed by atoms with van der Waals surface area (Å²) in [5, 5.41) is 0. The second-order valence-electron chi connectivity index (χ2n) is 0.448. The van der Waals surface area contributed by atoms with Crippen LogP contribution in [0, 0.1) is 0 Å². The minimum absolute atomic E-state index is 2.25.